The second-order valence-corrected chi connectivity index (χ2v) is 3.31. The number of hydrogen-bond acceptors (Lipinski definition) is 1. The van der Waals surface area contributed by atoms with Crippen LogP contribution in [0, 0.1) is 0 Å². The summed E-state index contributed by atoms with van der Waals surface area (Å²) in [7, 11) is 0. The molecule has 11 heavy (non-hydrogen) atoms. The lowest BCUT2D eigenvalue weighted by Crippen LogP contribution is -2.53. The highest BCUT2D eigenvalue weighted by atomic mass is 35.5. The Hall–Kier alpha value is 0.180. The van der Waals surface area contributed by atoms with Crippen LogP contribution < -0.4 is 5.32 Å². The highest BCUT2D eigenvalue weighted by molar-refractivity contribution is 5.85. The Morgan fingerprint density at radius 2 is 2.27 bits per heavy atom. The normalized spacial score (nSPS) is 37.9. The first-order valence-electron chi connectivity index (χ1n) is 4.08. The molecule has 3 heteroatoms. The summed E-state index contributed by atoms with van der Waals surface area (Å²) in [4.78, 5) is 0. The van der Waals surface area contributed by atoms with Gasteiger partial charge < -0.3 is 5.32 Å². The molecule has 2 unspecified atom stereocenters. The molecular weight excluding hydrogens is 165 g/mol. The second kappa shape index (κ2) is 4.27. The highest BCUT2D eigenvalue weighted by Crippen LogP contribution is 2.25. The van der Waals surface area contributed by atoms with Crippen LogP contribution in [-0.4, -0.2) is 18.3 Å². The predicted octanol–water partition coefficient (Wildman–Crippen LogP) is 2.30. The molecule has 1 heterocycles. The van der Waals surface area contributed by atoms with Crippen LogP contribution >= 0.6 is 12.4 Å². The Balaban J connectivity index is 0.000001000. The topological polar surface area (TPSA) is 12.0 Å². The molecule has 1 nitrogen and oxygen atoms in total. The molecule has 2 atom stereocenters. The summed E-state index contributed by atoms with van der Waals surface area (Å²) in [5.41, 5.74) is -0.238. The quantitative estimate of drug-likeness (QED) is 0.655. The minimum Gasteiger partial charge on any atom is -0.309 e. The van der Waals surface area contributed by atoms with Gasteiger partial charge in [0.05, 0.1) is 0 Å². The van der Waals surface area contributed by atoms with Crippen molar-refractivity contribution < 1.29 is 4.39 Å². The van der Waals surface area contributed by atoms with Gasteiger partial charge in [0, 0.05) is 5.54 Å². The molecule has 1 N–H and O–H groups in total. The molecule has 1 aliphatic heterocycles. The maximum absolute atomic E-state index is 13.2. The first-order valence-corrected chi connectivity index (χ1v) is 4.08. The van der Waals surface area contributed by atoms with Crippen LogP contribution in [0.25, 0.3) is 0 Å². The second-order valence-electron chi connectivity index (χ2n) is 3.31. The van der Waals surface area contributed by atoms with Crippen LogP contribution in [0.4, 0.5) is 4.39 Å². The van der Waals surface area contributed by atoms with Gasteiger partial charge in [0.15, 0.2) is 0 Å². The lowest BCUT2D eigenvalue weighted by Gasteiger charge is -2.37. The highest BCUT2D eigenvalue weighted by Gasteiger charge is 2.34. The maximum atomic E-state index is 13.2. The number of hydrogen-bond donors (Lipinski definition) is 1. The van der Waals surface area contributed by atoms with Crippen molar-refractivity contribution in [3.8, 4) is 0 Å². The molecular formula is C8H17ClFN. The molecule has 1 saturated heterocycles. The summed E-state index contributed by atoms with van der Waals surface area (Å²) in [6, 6.07) is 0. The smallest absolute Gasteiger partial charge is 0.118 e. The van der Waals surface area contributed by atoms with Gasteiger partial charge in [-0.3, -0.25) is 0 Å². The van der Waals surface area contributed by atoms with Crippen molar-refractivity contribution in [1.29, 1.82) is 0 Å². The SMILES string of the molecule is CCC1(C)NCCCC1F.Cl. The van der Waals surface area contributed by atoms with Gasteiger partial charge in [-0.1, -0.05) is 6.92 Å². The van der Waals surface area contributed by atoms with Crippen LogP contribution in [0.5, 0.6) is 0 Å². The molecule has 68 valence electrons. The third-order valence-electron chi connectivity index (χ3n) is 2.59. The fourth-order valence-electron chi connectivity index (χ4n) is 1.43. The van der Waals surface area contributed by atoms with Crippen LogP contribution in [0.3, 0.4) is 0 Å². The van der Waals surface area contributed by atoms with Crippen molar-refractivity contribution in [3.05, 3.63) is 0 Å². The van der Waals surface area contributed by atoms with Crippen molar-refractivity contribution in [2.24, 2.45) is 0 Å². The van der Waals surface area contributed by atoms with E-state index in [-0.39, 0.29) is 17.9 Å². The van der Waals surface area contributed by atoms with E-state index in [4.69, 9.17) is 0 Å². The zero-order chi connectivity index (χ0) is 7.61. The van der Waals surface area contributed by atoms with Crippen molar-refractivity contribution >= 4 is 12.4 Å². The summed E-state index contributed by atoms with van der Waals surface area (Å²) in [5.74, 6) is 0. The van der Waals surface area contributed by atoms with Crippen molar-refractivity contribution in [2.45, 2.75) is 44.8 Å². The largest absolute Gasteiger partial charge is 0.309 e. The van der Waals surface area contributed by atoms with Crippen molar-refractivity contribution in [2.75, 3.05) is 6.54 Å². The molecule has 0 aliphatic carbocycles. The average Bonchev–Trinajstić information content (AvgIpc) is 1.96. The Morgan fingerprint density at radius 3 is 2.64 bits per heavy atom. The Morgan fingerprint density at radius 1 is 1.64 bits per heavy atom. The van der Waals surface area contributed by atoms with E-state index in [9.17, 15) is 4.39 Å². The van der Waals surface area contributed by atoms with E-state index in [2.05, 4.69) is 5.32 Å². The fourth-order valence-corrected chi connectivity index (χ4v) is 1.43. The molecule has 1 fully saturated rings. The van der Waals surface area contributed by atoms with Gasteiger partial charge in [0.2, 0.25) is 0 Å². The van der Waals surface area contributed by atoms with E-state index in [1.165, 1.54) is 0 Å². The van der Waals surface area contributed by atoms with Crippen LogP contribution in [0.15, 0.2) is 0 Å². The first-order chi connectivity index (χ1) is 4.69. The molecule has 0 aromatic heterocycles. The zero-order valence-corrected chi connectivity index (χ0v) is 8.01. The third kappa shape index (κ3) is 2.31. The Labute approximate surface area is 74.2 Å². The number of alkyl halides is 1. The number of nitrogens with one attached hydrogen (secondary N) is 1. The fraction of sp³-hybridized carbons (Fsp3) is 1.00. The standard InChI is InChI=1S/C8H16FN.ClH/c1-3-8(2)7(9)5-4-6-10-8;/h7,10H,3-6H2,1-2H3;1H. The first kappa shape index (κ1) is 11.2. The van der Waals surface area contributed by atoms with Crippen molar-refractivity contribution in [3.63, 3.8) is 0 Å². The van der Waals surface area contributed by atoms with Gasteiger partial charge >= 0.3 is 0 Å². The average molecular weight is 182 g/mol. The Bertz CT molecular complexity index is 121. The van der Waals surface area contributed by atoms with E-state index in [1.54, 1.807) is 0 Å². The molecule has 0 aromatic carbocycles. The summed E-state index contributed by atoms with van der Waals surface area (Å²) in [6.45, 7) is 4.98. The molecule has 0 radical (unpaired) electrons. The van der Waals surface area contributed by atoms with Gasteiger partial charge in [0.25, 0.3) is 0 Å². The van der Waals surface area contributed by atoms with E-state index in [0.717, 1.165) is 25.8 Å². The molecule has 0 bridgehead atoms. The van der Waals surface area contributed by atoms with E-state index in [1.807, 2.05) is 13.8 Å². The summed E-state index contributed by atoms with van der Waals surface area (Å²) in [6.07, 6.45) is 1.95. The van der Waals surface area contributed by atoms with Gasteiger partial charge in [0.1, 0.15) is 6.17 Å². The number of rotatable bonds is 1. The zero-order valence-electron chi connectivity index (χ0n) is 7.19. The molecule has 0 spiro atoms. The van der Waals surface area contributed by atoms with Gasteiger partial charge in [-0.05, 0) is 32.7 Å². The van der Waals surface area contributed by atoms with Crippen LogP contribution in [-0.2, 0) is 0 Å². The van der Waals surface area contributed by atoms with Crippen molar-refractivity contribution in [1.82, 2.24) is 5.32 Å². The van der Waals surface area contributed by atoms with Gasteiger partial charge in [-0.25, -0.2) is 4.39 Å². The third-order valence-corrected chi connectivity index (χ3v) is 2.59. The lowest BCUT2D eigenvalue weighted by molar-refractivity contribution is 0.118. The van der Waals surface area contributed by atoms with Crippen LogP contribution in [0.1, 0.15) is 33.1 Å². The summed E-state index contributed by atoms with van der Waals surface area (Å²) >= 11 is 0. The Kier molecular flexibility index (Phi) is 4.34. The number of piperidine rings is 1. The minimum atomic E-state index is -0.647. The van der Waals surface area contributed by atoms with E-state index >= 15 is 0 Å². The number of halogens is 2. The predicted molar refractivity (Wildman–Crippen MR) is 48.1 cm³/mol. The molecule has 1 rings (SSSR count). The lowest BCUT2D eigenvalue weighted by atomic mass is 9.87. The molecule has 0 saturated carbocycles. The van der Waals surface area contributed by atoms with Crippen LogP contribution in [0.2, 0.25) is 0 Å². The molecule has 1 aliphatic rings. The monoisotopic (exact) mass is 181 g/mol. The van der Waals surface area contributed by atoms with Gasteiger partial charge in [-0.2, -0.15) is 0 Å². The molecule has 0 aromatic rings. The van der Waals surface area contributed by atoms with Gasteiger partial charge in [-0.15, -0.1) is 12.4 Å². The van der Waals surface area contributed by atoms with E-state index < -0.39 is 6.17 Å². The summed E-state index contributed by atoms with van der Waals surface area (Å²) in [5, 5.41) is 3.22. The molecule has 0 amide bonds. The van der Waals surface area contributed by atoms with E-state index in [0.29, 0.717) is 0 Å². The maximum Gasteiger partial charge on any atom is 0.118 e. The minimum absolute atomic E-state index is 0. The summed E-state index contributed by atoms with van der Waals surface area (Å²) < 4.78 is 13.2.